The highest BCUT2D eigenvalue weighted by Gasteiger charge is 1.94. The van der Waals surface area contributed by atoms with Crippen LogP contribution in [-0.4, -0.2) is 24.9 Å². The van der Waals surface area contributed by atoms with Crippen LogP contribution in [-0.2, 0) is 4.79 Å². The third kappa shape index (κ3) is 9.50. The van der Waals surface area contributed by atoms with Crippen LogP contribution in [0.4, 0.5) is 0 Å². The van der Waals surface area contributed by atoms with Gasteiger partial charge in [-0.15, -0.1) is 0 Å². The van der Waals surface area contributed by atoms with Crippen LogP contribution < -0.4 is 0 Å². The van der Waals surface area contributed by atoms with Gasteiger partial charge < -0.3 is 4.90 Å². The van der Waals surface area contributed by atoms with Crippen molar-refractivity contribution >= 4 is 5.91 Å². The highest BCUT2D eigenvalue weighted by atomic mass is 16.2. The van der Waals surface area contributed by atoms with E-state index < -0.39 is 0 Å². The Kier molecular flexibility index (Phi) is 9.78. The molecule has 0 saturated carbocycles. The van der Waals surface area contributed by atoms with E-state index in [0.717, 1.165) is 6.42 Å². The number of likely N-dealkylation sites (N-methyl/N-ethyl adjacent to an activating group) is 1. The molecule has 0 atom stereocenters. The van der Waals surface area contributed by atoms with Gasteiger partial charge in [0.2, 0.25) is 5.91 Å². The lowest BCUT2D eigenvalue weighted by molar-refractivity contribution is -0.123. The second-order valence-electron chi connectivity index (χ2n) is 4.22. The van der Waals surface area contributed by atoms with Crippen molar-refractivity contribution in [3.63, 3.8) is 0 Å². The van der Waals surface area contributed by atoms with Crippen molar-refractivity contribution in [2.24, 2.45) is 0 Å². The molecule has 0 bridgehead atoms. The fourth-order valence-electron chi connectivity index (χ4n) is 1.33. The van der Waals surface area contributed by atoms with E-state index in [-0.39, 0.29) is 5.91 Å². The van der Waals surface area contributed by atoms with E-state index in [1.54, 1.807) is 25.1 Å². The molecule has 92 valence electrons. The predicted octanol–water partition coefficient (Wildman–Crippen LogP) is 3.55. The smallest absolute Gasteiger partial charge is 0.246 e. The van der Waals surface area contributed by atoms with E-state index in [1.807, 2.05) is 12.2 Å². The van der Waals surface area contributed by atoms with Crippen molar-refractivity contribution in [3.8, 4) is 0 Å². The standard InChI is InChI=1S/C14H25NO/c1-4-5-6-7-8-9-10-11-12-13-14(16)15(2)3/h10-13H,4-9H2,1-3H3/b11-10+,13-12+. The Labute approximate surface area is 100 Å². The molecule has 0 aromatic heterocycles. The maximum Gasteiger partial charge on any atom is 0.246 e. The van der Waals surface area contributed by atoms with Crippen molar-refractivity contribution in [2.75, 3.05) is 14.1 Å². The summed E-state index contributed by atoms with van der Waals surface area (Å²) in [5, 5.41) is 0. The molecule has 0 aliphatic heterocycles. The number of allylic oxidation sites excluding steroid dienone is 3. The summed E-state index contributed by atoms with van der Waals surface area (Å²) < 4.78 is 0. The number of rotatable bonds is 8. The van der Waals surface area contributed by atoms with Gasteiger partial charge in [0, 0.05) is 20.2 Å². The number of hydrogen-bond donors (Lipinski definition) is 0. The van der Waals surface area contributed by atoms with Gasteiger partial charge in [0.05, 0.1) is 0 Å². The molecule has 0 fully saturated rings. The zero-order valence-corrected chi connectivity index (χ0v) is 10.9. The summed E-state index contributed by atoms with van der Waals surface area (Å²) in [6, 6.07) is 0. The number of carbonyl (C=O) groups is 1. The highest BCUT2D eigenvalue weighted by Crippen LogP contribution is 2.05. The van der Waals surface area contributed by atoms with Crippen molar-refractivity contribution in [3.05, 3.63) is 24.3 Å². The van der Waals surface area contributed by atoms with Crippen LogP contribution in [0.15, 0.2) is 24.3 Å². The summed E-state index contributed by atoms with van der Waals surface area (Å²) >= 11 is 0. The van der Waals surface area contributed by atoms with Gasteiger partial charge in [0.1, 0.15) is 0 Å². The van der Waals surface area contributed by atoms with E-state index in [9.17, 15) is 4.79 Å². The Morgan fingerprint density at radius 1 is 1.06 bits per heavy atom. The first-order valence-electron chi connectivity index (χ1n) is 6.23. The van der Waals surface area contributed by atoms with Gasteiger partial charge in [-0.2, -0.15) is 0 Å². The normalized spacial score (nSPS) is 11.4. The lowest BCUT2D eigenvalue weighted by Crippen LogP contribution is -2.18. The largest absolute Gasteiger partial charge is 0.345 e. The Morgan fingerprint density at radius 2 is 1.75 bits per heavy atom. The molecule has 1 amide bonds. The minimum atomic E-state index is 0.0348. The zero-order valence-electron chi connectivity index (χ0n) is 10.9. The molecular weight excluding hydrogens is 198 g/mol. The molecule has 16 heavy (non-hydrogen) atoms. The van der Waals surface area contributed by atoms with Gasteiger partial charge in [-0.1, -0.05) is 50.8 Å². The highest BCUT2D eigenvalue weighted by molar-refractivity contribution is 5.87. The van der Waals surface area contributed by atoms with E-state index >= 15 is 0 Å². The topological polar surface area (TPSA) is 20.3 Å². The molecule has 2 heteroatoms. The molecular formula is C14H25NO. The lowest BCUT2D eigenvalue weighted by Gasteiger charge is -2.04. The fourth-order valence-corrected chi connectivity index (χ4v) is 1.33. The van der Waals surface area contributed by atoms with Gasteiger partial charge >= 0.3 is 0 Å². The molecule has 0 rings (SSSR count). The molecule has 0 N–H and O–H groups in total. The molecule has 0 aromatic rings. The van der Waals surface area contributed by atoms with Gasteiger partial charge in [-0.05, 0) is 12.8 Å². The summed E-state index contributed by atoms with van der Waals surface area (Å²) in [4.78, 5) is 12.7. The molecule has 0 radical (unpaired) electrons. The molecule has 0 unspecified atom stereocenters. The molecule has 0 heterocycles. The van der Waals surface area contributed by atoms with Crippen LogP contribution >= 0.6 is 0 Å². The fraction of sp³-hybridized carbons (Fsp3) is 0.643. The lowest BCUT2D eigenvalue weighted by atomic mass is 10.1. The van der Waals surface area contributed by atoms with Crippen molar-refractivity contribution in [2.45, 2.75) is 45.4 Å². The number of hydrogen-bond acceptors (Lipinski definition) is 1. The quantitative estimate of drug-likeness (QED) is 0.350. The van der Waals surface area contributed by atoms with Gasteiger partial charge in [0.15, 0.2) is 0 Å². The van der Waals surface area contributed by atoms with Gasteiger partial charge in [-0.25, -0.2) is 0 Å². The monoisotopic (exact) mass is 223 g/mol. The van der Waals surface area contributed by atoms with Crippen LogP contribution in [0.25, 0.3) is 0 Å². The van der Waals surface area contributed by atoms with Gasteiger partial charge in [-0.3, -0.25) is 4.79 Å². The molecule has 0 aliphatic rings. The minimum Gasteiger partial charge on any atom is -0.345 e. The number of amides is 1. The second-order valence-corrected chi connectivity index (χ2v) is 4.22. The SMILES string of the molecule is CCCCCCC/C=C/C=C/C(=O)N(C)C. The third-order valence-corrected chi connectivity index (χ3v) is 2.40. The van der Waals surface area contributed by atoms with E-state index in [0.29, 0.717) is 0 Å². The summed E-state index contributed by atoms with van der Waals surface area (Å²) in [5.74, 6) is 0.0348. The Balaban J connectivity index is 3.44. The first-order chi connectivity index (χ1) is 7.68. The first kappa shape index (κ1) is 14.9. The third-order valence-electron chi connectivity index (χ3n) is 2.40. The average molecular weight is 223 g/mol. The van der Waals surface area contributed by atoms with Crippen LogP contribution in [0, 0.1) is 0 Å². The number of unbranched alkanes of at least 4 members (excludes halogenated alkanes) is 5. The Morgan fingerprint density at radius 3 is 2.38 bits per heavy atom. The van der Waals surface area contributed by atoms with Crippen molar-refractivity contribution < 1.29 is 4.79 Å². The van der Waals surface area contributed by atoms with Crippen LogP contribution in [0.5, 0.6) is 0 Å². The van der Waals surface area contributed by atoms with Crippen LogP contribution in [0.1, 0.15) is 45.4 Å². The van der Waals surface area contributed by atoms with Crippen LogP contribution in [0.2, 0.25) is 0 Å². The summed E-state index contributed by atoms with van der Waals surface area (Å²) in [7, 11) is 3.51. The number of carbonyl (C=O) groups excluding carboxylic acids is 1. The maximum atomic E-state index is 11.2. The van der Waals surface area contributed by atoms with Crippen molar-refractivity contribution in [1.82, 2.24) is 4.90 Å². The minimum absolute atomic E-state index is 0.0348. The number of nitrogens with zero attached hydrogens (tertiary/aromatic N) is 1. The molecule has 0 spiro atoms. The van der Waals surface area contributed by atoms with Crippen LogP contribution in [0.3, 0.4) is 0 Å². The maximum absolute atomic E-state index is 11.2. The summed E-state index contributed by atoms with van der Waals surface area (Å²) in [5.41, 5.74) is 0. The Bertz CT molecular complexity index is 229. The summed E-state index contributed by atoms with van der Waals surface area (Å²) in [6.07, 6.45) is 15.2. The summed E-state index contributed by atoms with van der Waals surface area (Å²) in [6.45, 7) is 2.23. The zero-order chi connectivity index (χ0) is 12.2. The predicted molar refractivity (Wildman–Crippen MR) is 70.4 cm³/mol. The van der Waals surface area contributed by atoms with E-state index in [1.165, 1.54) is 32.1 Å². The van der Waals surface area contributed by atoms with Crippen molar-refractivity contribution in [1.29, 1.82) is 0 Å². The Hall–Kier alpha value is -1.05. The molecule has 0 aliphatic carbocycles. The van der Waals surface area contributed by atoms with Gasteiger partial charge in [0.25, 0.3) is 0 Å². The first-order valence-corrected chi connectivity index (χ1v) is 6.23. The molecule has 0 saturated heterocycles. The van der Waals surface area contributed by atoms with E-state index in [4.69, 9.17) is 0 Å². The second kappa shape index (κ2) is 10.5. The molecule has 0 aromatic carbocycles. The molecule has 2 nitrogen and oxygen atoms in total. The van der Waals surface area contributed by atoms with E-state index in [2.05, 4.69) is 13.0 Å². The average Bonchev–Trinajstić information content (AvgIpc) is 2.26.